The summed E-state index contributed by atoms with van der Waals surface area (Å²) < 4.78 is 5.06. The van der Waals surface area contributed by atoms with Crippen LogP contribution in [-0.4, -0.2) is 16.0 Å². The molecule has 0 aliphatic rings. The number of phenolic OH excluding ortho intramolecular Hbond substituents is 1. The number of phenols is 1. The summed E-state index contributed by atoms with van der Waals surface area (Å²) in [5.41, 5.74) is -0.0685. The molecule has 1 aromatic heterocycles. The number of nitrogens with one attached hydrogen (secondary N) is 1. The third-order valence-corrected chi connectivity index (χ3v) is 3.56. The van der Waals surface area contributed by atoms with Crippen molar-refractivity contribution in [3.8, 4) is 5.75 Å². The summed E-state index contributed by atoms with van der Waals surface area (Å²) in [6, 6.07) is 14.7. The molecular weight excluding hydrogens is 314 g/mol. The minimum atomic E-state index is -0.795. The van der Waals surface area contributed by atoms with Crippen LogP contribution in [0, 0.1) is 0 Å². The number of amides is 1. The van der Waals surface area contributed by atoms with E-state index in [1.165, 1.54) is 18.2 Å². The van der Waals surface area contributed by atoms with E-state index in [4.69, 9.17) is 16.6 Å². The molecule has 0 unspecified atom stereocenters. The topological polar surface area (TPSA) is 79.5 Å². The van der Waals surface area contributed by atoms with Gasteiger partial charge in [0.05, 0.1) is 0 Å². The molecule has 6 heteroatoms. The van der Waals surface area contributed by atoms with Crippen LogP contribution < -0.4 is 10.9 Å². The van der Waals surface area contributed by atoms with Gasteiger partial charge in [-0.25, -0.2) is 4.79 Å². The summed E-state index contributed by atoms with van der Waals surface area (Å²) in [5, 5.41) is 12.4. The van der Waals surface area contributed by atoms with Gasteiger partial charge in [-0.15, -0.1) is 0 Å². The van der Waals surface area contributed by atoms with E-state index in [1.54, 1.807) is 30.3 Å². The van der Waals surface area contributed by atoms with Gasteiger partial charge in [0, 0.05) is 17.0 Å². The van der Waals surface area contributed by atoms with E-state index in [1.807, 2.05) is 6.07 Å². The van der Waals surface area contributed by atoms with E-state index < -0.39 is 11.5 Å². The van der Waals surface area contributed by atoms with Crippen LogP contribution in [0.5, 0.6) is 5.75 Å². The molecule has 0 aliphatic carbocycles. The predicted molar refractivity (Wildman–Crippen MR) is 89.8 cm³/mol. The Bertz CT molecular complexity index is 963. The zero-order valence-electron chi connectivity index (χ0n) is 11.8. The van der Waals surface area contributed by atoms with Crippen molar-refractivity contribution in [2.24, 2.45) is 0 Å². The van der Waals surface area contributed by atoms with E-state index in [0.29, 0.717) is 10.9 Å². The van der Waals surface area contributed by atoms with Gasteiger partial charge in [0.15, 0.2) is 0 Å². The molecule has 0 saturated carbocycles. The first kappa shape index (κ1) is 14.9. The van der Waals surface area contributed by atoms with Crippen LogP contribution in [0.2, 0.25) is 0 Å². The molecule has 0 saturated heterocycles. The van der Waals surface area contributed by atoms with Gasteiger partial charge in [0.1, 0.15) is 21.9 Å². The first-order valence-electron chi connectivity index (χ1n) is 6.72. The van der Waals surface area contributed by atoms with Crippen LogP contribution in [0.1, 0.15) is 15.9 Å². The average Bonchev–Trinajstić information content (AvgIpc) is 2.54. The highest BCUT2D eigenvalue weighted by atomic mass is 32.1. The summed E-state index contributed by atoms with van der Waals surface area (Å²) in [6.07, 6.45) is 0. The van der Waals surface area contributed by atoms with E-state index >= 15 is 0 Å². The second-order valence-electron chi connectivity index (χ2n) is 4.82. The normalized spacial score (nSPS) is 10.4. The molecule has 0 radical (unpaired) electrons. The van der Waals surface area contributed by atoms with Gasteiger partial charge in [0.25, 0.3) is 5.91 Å². The third-order valence-electron chi connectivity index (χ3n) is 3.23. The first-order chi connectivity index (χ1) is 11.0. The Morgan fingerprint density at radius 3 is 2.57 bits per heavy atom. The molecule has 2 aromatic carbocycles. The maximum absolute atomic E-state index is 12.3. The Hall–Kier alpha value is -2.99. The lowest BCUT2D eigenvalue weighted by Gasteiger charge is -2.06. The number of aromatic hydroxyl groups is 1. The molecule has 3 aromatic rings. The van der Waals surface area contributed by atoms with Crippen molar-refractivity contribution in [2.75, 3.05) is 0 Å². The highest BCUT2D eigenvalue weighted by molar-refractivity contribution is 7.80. The van der Waals surface area contributed by atoms with Gasteiger partial charge >= 0.3 is 5.63 Å². The number of hydrogen-bond acceptors (Lipinski definition) is 5. The van der Waals surface area contributed by atoms with Gasteiger partial charge in [-0.05, 0) is 18.2 Å². The van der Waals surface area contributed by atoms with Crippen molar-refractivity contribution >= 4 is 34.1 Å². The maximum Gasteiger partial charge on any atom is 0.349 e. The fourth-order valence-corrected chi connectivity index (χ4v) is 2.32. The summed E-state index contributed by atoms with van der Waals surface area (Å²) in [4.78, 5) is 24.4. The van der Waals surface area contributed by atoms with Crippen LogP contribution >= 0.6 is 12.2 Å². The van der Waals surface area contributed by atoms with Crippen molar-refractivity contribution in [1.82, 2.24) is 5.32 Å². The van der Waals surface area contributed by atoms with Crippen molar-refractivity contribution in [3.05, 3.63) is 76.1 Å². The van der Waals surface area contributed by atoms with Gasteiger partial charge in [-0.1, -0.05) is 42.5 Å². The Kier molecular flexibility index (Phi) is 3.91. The van der Waals surface area contributed by atoms with Crippen LogP contribution in [-0.2, 0) is 0 Å². The smallest absolute Gasteiger partial charge is 0.349 e. The van der Waals surface area contributed by atoms with E-state index in [2.05, 4.69) is 5.32 Å². The highest BCUT2D eigenvalue weighted by Crippen LogP contribution is 2.19. The van der Waals surface area contributed by atoms with Gasteiger partial charge < -0.3 is 14.8 Å². The molecular formula is C17H11NO4S. The number of fused-ring (bicyclic) bond motifs is 1. The molecule has 0 aliphatic heterocycles. The lowest BCUT2D eigenvalue weighted by molar-refractivity contribution is 0.0974. The monoisotopic (exact) mass is 325 g/mol. The number of benzene rings is 2. The number of thiocarbonyl (C=S) groups is 1. The Balaban J connectivity index is 1.92. The number of carbonyl (C=O) groups is 1. The molecule has 1 amide bonds. The average molecular weight is 325 g/mol. The Morgan fingerprint density at radius 2 is 1.83 bits per heavy atom. The minimum Gasteiger partial charge on any atom is -0.508 e. The molecule has 5 nitrogen and oxygen atoms in total. The SMILES string of the molecule is O=C(NC(=S)c1ccccc1)c1cc2ccc(O)cc2oc1=O. The highest BCUT2D eigenvalue weighted by Gasteiger charge is 2.15. The van der Waals surface area contributed by atoms with Gasteiger partial charge in [-0.3, -0.25) is 4.79 Å². The fraction of sp³-hybridized carbons (Fsp3) is 0. The third kappa shape index (κ3) is 3.12. The second kappa shape index (κ2) is 6.02. The molecule has 0 spiro atoms. The fourth-order valence-electron chi connectivity index (χ4n) is 2.09. The van der Waals surface area contributed by atoms with Crippen LogP contribution in [0.25, 0.3) is 11.0 Å². The lowest BCUT2D eigenvalue weighted by atomic mass is 10.1. The van der Waals surface area contributed by atoms with E-state index in [0.717, 1.165) is 0 Å². The van der Waals surface area contributed by atoms with Crippen LogP contribution in [0.3, 0.4) is 0 Å². The van der Waals surface area contributed by atoms with Crippen molar-refractivity contribution in [2.45, 2.75) is 0 Å². The number of hydrogen-bond donors (Lipinski definition) is 2. The second-order valence-corrected chi connectivity index (χ2v) is 5.23. The van der Waals surface area contributed by atoms with E-state index in [-0.39, 0.29) is 21.9 Å². The molecule has 23 heavy (non-hydrogen) atoms. The molecule has 0 bridgehead atoms. The van der Waals surface area contributed by atoms with Crippen molar-refractivity contribution < 1.29 is 14.3 Å². The number of carbonyl (C=O) groups excluding carboxylic acids is 1. The molecule has 3 rings (SSSR count). The van der Waals surface area contributed by atoms with Crippen LogP contribution in [0.4, 0.5) is 0 Å². The standard InChI is InChI=1S/C17H11NO4S/c19-12-7-6-11-8-13(17(21)22-14(11)9-12)15(20)18-16(23)10-4-2-1-3-5-10/h1-9,19H,(H,18,20,23). The molecule has 114 valence electrons. The summed E-state index contributed by atoms with van der Waals surface area (Å²) in [6.45, 7) is 0. The lowest BCUT2D eigenvalue weighted by Crippen LogP contribution is -2.32. The predicted octanol–water partition coefficient (Wildman–Crippen LogP) is 2.60. The quantitative estimate of drug-likeness (QED) is 0.559. The largest absolute Gasteiger partial charge is 0.508 e. The Labute approximate surface area is 136 Å². The summed E-state index contributed by atoms with van der Waals surface area (Å²) in [5.74, 6) is -0.661. The minimum absolute atomic E-state index is 0.0249. The van der Waals surface area contributed by atoms with E-state index in [9.17, 15) is 14.7 Å². The maximum atomic E-state index is 12.3. The molecule has 2 N–H and O–H groups in total. The zero-order chi connectivity index (χ0) is 16.4. The van der Waals surface area contributed by atoms with Gasteiger partial charge in [0.2, 0.25) is 0 Å². The summed E-state index contributed by atoms with van der Waals surface area (Å²) in [7, 11) is 0. The summed E-state index contributed by atoms with van der Waals surface area (Å²) >= 11 is 5.16. The van der Waals surface area contributed by atoms with Crippen molar-refractivity contribution in [3.63, 3.8) is 0 Å². The molecule has 0 atom stereocenters. The molecule has 0 fully saturated rings. The zero-order valence-corrected chi connectivity index (χ0v) is 12.6. The molecule has 1 heterocycles. The van der Waals surface area contributed by atoms with Crippen LogP contribution in [0.15, 0.2) is 63.8 Å². The first-order valence-corrected chi connectivity index (χ1v) is 7.13. The van der Waals surface area contributed by atoms with Gasteiger partial charge in [-0.2, -0.15) is 0 Å². The van der Waals surface area contributed by atoms with Crippen molar-refractivity contribution in [1.29, 1.82) is 0 Å². The Morgan fingerprint density at radius 1 is 1.09 bits per heavy atom. The number of rotatable bonds is 2.